The standard InChI is InChI=1S/C18H14N4/c19-11-15-10-16(14-6-2-1-3-7-14)12-21-18(15)22-13-17-8-4-5-9-20-17/h1-10,12H,13H2,(H,21,22). The summed E-state index contributed by atoms with van der Waals surface area (Å²) < 4.78 is 0. The SMILES string of the molecule is N#Cc1cc(-c2ccccc2)cnc1NCc1ccccn1. The van der Waals surface area contributed by atoms with E-state index in [2.05, 4.69) is 21.4 Å². The van der Waals surface area contributed by atoms with Gasteiger partial charge in [0.1, 0.15) is 11.9 Å². The summed E-state index contributed by atoms with van der Waals surface area (Å²) in [7, 11) is 0. The van der Waals surface area contributed by atoms with Gasteiger partial charge in [-0.3, -0.25) is 4.98 Å². The average molecular weight is 286 g/mol. The predicted molar refractivity (Wildman–Crippen MR) is 86.0 cm³/mol. The van der Waals surface area contributed by atoms with Crippen LogP contribution in [0.2, 0.25) is 0 Å². The molecule has 2 aromatic heterocycles. The van der Waals surface area contributed by atoms with Gasteiger partial charge in [0.05, 0.1) is 17.8 Å². The van der Waals surface area contributed by atoms with Crippen molar-refractivity contribution in [2.24, 2.45) is 0 Å². The van der Waals surface area contributed by atoms with E-state index >= 15 is 0 Å². The number of nitrogens with zero attached hydrogens (tertiary/aromatic N) is 3. The fourth-order valence-corrected chi connectivity index (χ4v) is 2.16. The Bertz CT molecular complexity index is 792. The third-order valence-corrected chi connectivity index (χ3v) is 3.28. The van der Waals surface area contributed by atoms with Crippen molar-refractivity contribution in [3.63, 3.8) is 0 Å². The zero-order chi connectivity index (χ0) is 15.2. The van der Waals surface area contributed by atoms with Gasteiger partial charge in [-0.15, -0.1) is 0 Å². The lowest BCUT2D eigenvalue weighted by molar-refractivity contribution is 1.03. The summed E-state index contributed by atoms with van der Waals surface area (Å²) in [5.74, 6) is 0.577. The largest absolute Gasteiger partial charge is 0.363 e. The summed E-state index contributed by atoms with van der Waals surface area (Å²) in [6.07, 6.45) is 3.52. The number of nitriles is 1. The molecule has 2 heterocycles. The molecule has 0 saturated carbocycles. The molecule has 3 aromatic rings. The molecular formula is C18H14N4. The highest BCUT2D eigenvalue weighted by Gasteiger charge is 2.06. The summed E-state index contributed by atoms with van der Waals surface area (Å²) in [6.45, 7) is 0.535. The second-order valence-electron chi connectivity index (χ2n) is 4.77. The van der Waals surface area contributed by atoms with Gasteiger partial charge in [0.25, 0.3) is 0 Å². The minimum atomic E-state index is 0.525. The molecule has 0 saturated heterocycles. The average Bonchev–Trinajstić information content (AvgIpc) is 2.61. The van der Waals surface area contributed by atoms with Crippen LogP contribution in [-0.2, 0) is 6.54 Å². The lowest BCUT2D eigenvalue weighted by Gasteiger charge is -2.08. The summed E-state index contributed by atoms with van der Waals surface area (Å²) in [6, 6.07) is 19.7. The maximum absolute atomic E-state index is 9.34. The molecule has 3 rings (SSSR count). The maximum Gasteiger partial charge on any atom is 0.144 e. The molecule has 1 N–H and O–H groups in total. The van der Waals surface area contributed by atoms with Crippen molar-refractivity contribution in [3.8, 4) is 17.2 Å². The van der Waals surface area contributed by atoms with Crippen molar-refractivity contribution in [1.82, 2.24) is 9.97 Å². The van der Waals surface area contributed by atoms with E-state index in [-0.39, 0.29) is 0 Å². The second kappa shape index (κ2) is 6.51. The summed E-state index contributed by atoms with van der Waals surface area (Å²) >= 11 is 0. The molecule has 1 aromatic carbocycles. The first-order valence-electron chi connectivity index (χ1n) is 6.96. The van der Waals surface area contributed by atoms with E-state index < -0.39 is 0 Å². The number of pyridine rings is 2. The first-order chi connectivity index (χ1) is 10.9. The number of benzene rings is 1. The molecule has 0 radical (unpaired) electrons. The molecule has 0 fully saturated rings. The fourth-order valence-electron chi connectivity index (χ4n) is 2.16. The van der Waals surface area contributed by atoms with E-state index in [9.17, 15) is 5.26 Å². The molecule has 22 heavy (non-hydrogen) atoms. The Morgan fingerprint density at radius 3 is 2.50 bits per heavy atom. The summed E-state index contributed by atoms with van der Waals surface area (Å²) in [5, 5.41) is 12.5. The van der Waals surface area contributed by atoms with Gasteiger partial charge in [-0.2, -0.15) is 5.26 Å². The van der Waals surface area contributed by atoms with Crippen molar-refractivity contribution in [2.75, 3.05) is 5.32 Å². The molecule has 0 amide bonds. The molecule has 0 bridgehead atoms. The highest BCUT2D eigenvalue weighted by atomic mass is 15.0. The van der Waals surface area contributed by atoms with Crippen LogP contribution in [0.1, 0.15) is 11.3 Å². The molecule has 0 spiro atoms. The molecular weight excluding hydrogens is 272 g/mol. The lowest BCUT2D eigenvalue weighted by atomic mass is 10.1. The number of anilines is 1. The molecule has 0 aliphatic carbocycles. The Hall–Kier alpha value is -3.19. The zero-order valence-electron chi connectivity index (χ0n) is 11.9. The fraction of sp³-hybridized carbons (Fsp3) is 0.0556. The van der Waals surface area contributed by atoms with Gasteiger partial charge in [-0.05, 0) is 23.8 Å². The van der Waals surface area contributed by atoms with Crippen LogP contribution in [0.3, 0.4) is 0 Å². The highest BCUT2D eigenvalue weighted by Crippen LogP contribution is 2.22. The van der Waals surface area contributed by atoms with Gasteiger partial charge in [0.2, 0.25) is 0 Å². The van der Waals surface area contributed by atoms with Gasteiger partial charge >= 0.3 is 0 Å². The topological polar surface area (TPSA) is 61.6 Å². The van der Waals surface area contributed by atoms with Crippen LogP contribution >= 0.6 is 0 Å². The van der Waals surface area contributed by atoms with Crippen LogP contribution in [0.15, 0.2) is 67.0 Å². The summed E-state index contributed by atoms with van der Waals surface area (Å²) in [5.41, 5.74) is 3.40. The smallest absolute Gasteiger partial charge is 0.144 e. The van der Waals surface area contributed by atoms with Gasteiger partial charge in [0.15, 0.2) is 0 Å². The Morgan fingerprint density at radius 2 is 1.77 bits per heavy atom. The molecule has 0 aliphatic rings. The van der Waals surface area contributed by atoms with Crippen LogP contribution in [0, 0.1) is 11.3 Å². The second-order valence-corrected chi connectivity index (χ2v) is 4.77. The van der Waals surface area contributed by atoms with Crippen LogP contribution in [0.25, 0.3) is 11.1 Å². The van der Waals surface area contributed by atoms with E-state index in [0.29, 0.717) is 17.9 Å². The van der Waals surface area contributed by atoms with Crippen LogP contribution in [-0.4, -0.2) is 9.97 Å². The van der Waals surface area contributed by atoms with E-state index in [4.69, 9.17) is 0 Å². The van der Waals surface area contributed by atoms with Crippen molar-refractivity contribution in [2.45, 2.75) is 6.54 Å². The molecule has 0 aliphatic heterocycles. The van der Waals surface area contributed by atoms with Gasteiger partial charge in [0, 0.05) is 18.0 Å². The molecule has 4 heteroatoms. The monoisotopic (exact) mass is 286 g/mol. The minimum absolute atomic E-state index is 0.525. The third kappa shape index (κ3) is 3.10. The van der Waals surface area contributed by atoms with Gasteiger partial charge < -0.3 is 5.32 Å². The van der Waals surface area contributed by atoms with Gasteiger partial charge in [-0.1, -0.05) is 36.4 Å². The minimum Gasteiger partial charge on any atom is -0.363 e. The molecule has 0 atom stereocenters. The van der Waals surface area contributed by atoms with E-state index in [1.165, 1.54) is 0 Å². The number of hydrogen-bond donors (Lipinski definition) is 1. The van der Waals surface area contributed by atoms with E-state index in [1.54, 1.807) is 12.4 Å². The Labute approximate surface area is 129 Å². The Morgan fingerprint density at radius 1 is 0.955 bits per heavy atom. The highest BCUT2D eigenvalue weighted by molar-refractivity contribution is 5.67. The zero-order valence-corrected chi connectivity index (χ0v) is 11.9. The number of hydrogen-bond acceptors (Lipinski definition) is 4. The lowest BCUT2D eigenvalue weighted by Crippen LogP contribution is -2.04. The quantitative estimate of drug-likeness (QED) is 0.795. The first kappa shape index (κ1) is 13.8. The van der Waals surface area contributed by atoms with Crippen LogP contribution in [0.4, 0.5) is 5.82 Å². The van der Waals surface area contributed by atoms with Crippen LogP contribution in [0.5, 0.6) is 0 Å². The normalized spacial score (nSPS) is 9.95. The third-order valence-electron chi connectivity index (χ3n) is 3.28. The Kier molecular flexibility index (Phi) is 4.08. The molecule has 4 nitrogen and oxygen atoms in total. The van der Waals surface area contributed by atoms with Crippen molar-refractivity contribution in [1.29, 1.82) is 5.26 Å². The van der Waals surface area contributed by atoms with Crippen molar-refractivity contribution >= 4 is 5.82 Å². The van der Waals surface area contributed by atoms with E-state index in [0.717, 1.165) is 16.8 Å². The van der Waals surface area contributed by atoms with Crippen LogP contribution < -0.4 is 5.32 Å². The predicted octanol–water partition coefficient (Wildman–Crippen LogP) is 3.63. The number of nitrogens with one attached hydrogen (secondary N) is 1. The molecule has 0 unspecified atom stereocenters. The van der Waals surface area contributed by atoms with Crippen molar-refractivity contribution in [3.05, 3.63) is 78.2 Å². The van der Waals surface area contributed by atoms with Crippen molar-refractivity contribution < 1.29 is 0 Å². The first-order valence-corrected chi connectivity index (χ1v) is 6.96. The van der Waals surface area contributed by atoms with Gasteiger partial charge in [-0.25, -0.2) is 4.98 Å². The van der Waals surface area contributed by atoms with E-state index in [1.807, 2.05) is 54.6 Å². The number of rotatable bonds is 4. The number of aromatic nitrogens is 2. The summed E-state index contributed by atoms with van der Waals surface area (Å²) in [4.78, 5) is 8.62. The maximum atomic E-state index is 9.34. The Balaban J connectivity index is 1.83. The molecule has 106 valence electrons.